The molecule has 2 aromatic rings. The van der Waals surface area contributed by atoms with Crippen LogP contribution in [0.2, 0.25) is 0 Å². The molecule has 3 rings (SSSR count). The lowest BCUT2D eigenvalue weighted by Crippen LogP contribution is -2.39. The number of carbonyl (C=O) groups excluding carboxylic acids is 2. The van der Waals surface area contributed by atoms with E-state index in [2.05, 4.69) is 10.6 Å². The molecule has 0 aliphatic carbocycles. The smallest absolute Gasteiger partial charge is 0.319 e. The van der Waals surface area contributed by atoms with Gasteiger partial charge < -0.3 is 15.5 Å². The summed E-state index contributed by atoms with van der Waals surface area (Å²) < 4.78 is 0. The van der Waals surface area contributed by atoms with Crippen LogP contribution in [0, 0.1) is 27.7 Å². The predicted octanol–water partition coefficient (Wildman–Crippen LogP) is 3.85. The lowest BCUT2D eigenvalue weighted by Gasteiger charge is -2.19. The summed E-state index contributed by atoms with van der Waals surface area (Å²) in [6.07, 6.45) is 0.313. The van der Waals surface area contributed by atoms with E-state index in [9.17, 15) is 9.59 Å². The largest absolute Gasteiger partial charge is 0.333 e. The summed E-state index contributed by atoms with van der Waals surface area (Å²) in [4.78, 5) is 26.4. The molecule has 0 radical (unpaired) electrons. The zero-order chi connectivity index (χ0) is 18.8. The number of aryl methyl sites for hydroxylation is 4. The van der Waals surface area contributed by atoms with Crippen molar-refractivity contribution in [2.45, 2.75) is 40.2 Å². The minimum absolute atomic E-state index is 0.0325. The van der Waals surface area contributed by atoms with Gasteiger partial charge in [-0.15, -0.1) is 0 Å². The highest BCUT2D eigenvalue weighted by Crippen LogP contribution is 2.24. The van der Waals surface area contributed by atoms with E-state index in [1.165, 1.54) is 5.56 Å². The van der Waals surface area contributed by atoms with Crippen LogP contribution in [0.4, 0.5) is 16.2 Å². The molecule has 0 spiro atoms. The molecule has 0 saturated carbocycles. The summed E-state index contributed by atoms with van der Waals surface area (Å²) in [7, 11) is 0. The quantitative estimate of drug-likeness (QED) is 0.882. The van der Waals surface area contributed by atoms with Gasteiger partial charge in [0, 0.05) is 24.3 Å². The van der Waals surface area contributed by atoms with E-state index in [1.54, 1.807) is 4.90 Å². The van der Waals surface area contributed by atoms with Crippen LogP contribution in [0.5, 0.6) is 0 Å². The van der Waals surface area contributed by atoms with Crippen LogP contribution in [0.15, 0.2) is 36.4 Å². The van der Waals surface area contributed by atoms with Gasteiger partial charge >= 0.3 is 6.03 Å². The van der Waals surface area contributed by atoms with Gasteiger partial charge in [0.2, 0.25) is 5.91 Å². The maximum Gasteiger partial charge on any atom is 0.319 e. The Labute approximate surface area is 154 Å². The molecule has 136 valence electrons. The number of urea groups is 1. The van der Waals surface area contributed by atoms with Crippen molar-refractivity contribution < 1.29 is 9.59 Å². The SMILES string of the molecule is Cc1ccc(NC(=O)NC2CC(=O)N(c3ccc(C)c(C)c3)C2)c(C)c1. The minimum atomic E-state index is -0.281. The van der Waals surface area contributed by atoms with Gasteiger partial charge in [-0.2, -0.15) is 0 Å². The van der Waals surface area contributed by atoms with Crippen molar-refractivity contribution in [2.24, 2.45) is 0 Å². The van der Waals surface area contributed by atoms with Crippen molar-refractivity contribution in [1.82, 2.24) is 5.32 Å². The third-order valence-electron chi connectivity index (χ3n) is 4.89. The molecule has 1 unspecified atom stereocenters. The Balaban J connectivity index is 1.63. The molecule has 1 heterocycles. The van der Waals surface area contributed by atoms with Gasteiger partial charge in [-0.1, -0.05) is 23.8 Å². The fourth-order valence-electron chi connectivity index (χ4n) is 3.24. The molecular formula is C21H25N3O2. The van der Waals surface area contributed by atoms with E-state index in [4.69, 9.17) is 0 Å². The zero-order valence-electron chi connectivity index (χ0n) is 15.7. The number of hydrogen-bond acceptors (Lipinski definition) is 2. The highest BCUT2D eigenvalue weighted by atomic mass is 16.2. The van der Waals surface area contributed by atoms with Crippen molar-refractivity contribution in [2.75, 3.05) is 16.8 Å². The van der Waals surface area contributed by atoms with Crippen molar-refractivity contribution in [3.8, 4) is 0 Å². The monoisotopic (exact) mass is 351 g/mol. The van der Waals surface area contributed by atoms with Gasteiger partial charge in [0.1, 0.15) is 0 Å². The van der Waals surface area contributed by atoms with E-state index < -0.39 is 0 Å². The summed E-state index contributed by atoms with van der Waals surface area (Å²) in [5.41, 5.74) is 6.18. The van der Waals surface area contributed by atoms with E-state index in [1.807, 2.05) is 64.1 Å². The van der Waals surface area contributed by atoms with E-state index in [0.29, 0.717) is 13.0 Å². The fraction of sp³-hybridized carbons (Fsp3) is 0.333. The summed E-state index contributed by atoms with van der Waals surface area (Å²) >= 11 is 0. The maximum absolute atomic E-state index is 12.4. The second kappa shape index (κ2) is 7.20. The predicted molar refractivity (Wildman–Crippen MR) is 105 cm³/mol. The van der Waals surface area contributed by atoms with E-state index in [0.717, 1.165) is 28.1 Å². The van der Waals surface area contributed by atoms with Gasteiger partial charge in [-0.3, -0.25) is 4.79 Å². The van der Waals surface area contributed by atoms with Crippen molar-refractivity contribution in [3.05, 3.63) is 58.7 Å². The Bertz CT molecular complexity index is 860. The maximum atomic E-state index is 12.4. The molecule has 1 fully saturated rings. The molecule has 1 aliphatic heterocycles. The number of amides is 3. The first kappa shape index (κ1) is 18.0. The van der Waals surface area contributed by atoms with Gasteiger partial charge in [0.05, 0.1) is 6.04 Å². The number of hydrogen-bond donors (Lipinski definition) is 2. The first-order chi connectivity index (χ1) is 12.3. The summed E-state index contributed by atoms with van der Waals surface area (Å²) in [5, 5.41) is 5.78. The topological polar surface area (TPSA) is 61.4 Å². The molecule has 2 aromatic carbocycles. The average Bonchev–Trinajstić information content (AvgIpc) is 2.93. The molecule has 1 saturated heterocycles. The second-order valence-corrected chi connectivity index (χ2v) is 7.09. The first-order valence-electron chi connectivity index (χ1n) is 8.86. The molecular weight excluding hydrogens is 326 g/mol. The molecule has 3 amide bonds. The number of carbonyl (C=O) groups is 2. The van der Waals surface area contributed by atoms with Crippen LogP contribution in [-0.4, -0.2) is 24.5 Å². The average molecular weight is 351 g/mol. The molecule has 0 bridgehead atoms. The molecule has 1 aliphatic rings. The molecule has 26 heavy (non-hydrogen) atoms. The standard InChI is InChI=1S/C21H25N3O2/c1-13-5-8-19(16(4)9-13)23-21(26)22-17-11-20(25)24(12-17)18-7-6-14(2)15(3)10-18/h5-10,17H,11-12H2,1-4H3,(H2,22,23,26). The molecule has 5 heteroatoms. The number of nitrogens with zero attached hydrogens (tertiary/aromatic N) is 1. The zero-order valence-corrected chi connectivity index (χ0v) is 15.7. The number of nitrogens with one attached hydrogen (secondary N) is 2. The number of benzene rings is 2. The summed E-state index contributed by atoms with van der Waals surface area (Å²) in [5.74, 6) is 0.0325. The Morgan fingerprint density at radius 3 is 2.46 bits per heavy atom. The Morgan fingerprint density at radius 2 is 1.77 bits per heavy atom. The summed E-state index contributed by atoms with van der Waals surface area (Å²) in [6, 6.07) is 11.4. The molecule has 1 atom stereocenters. The normalized spacial score (nSPS) is 16.7. The van der Waals surface area contributed by atoms with Crippen molar-refractivity contribution in [1.29, 1.82) is 0 Å². The summed E-state index contributed by atoms with van der Waals surface area (Å²) in [6.45, 7) is 8.55. The first-order valence-corrected chi connectivity index (χ1v) is 8.86. The fourth-order valence-corrected chi connectivity index (χ4v) is 3.24. The Kier molecular flexibility index (Phi) is 4.98. The van der Waals surface area contributed by atoms with Crippen LogP contribution >= 0.6 is 0 Å². The molecule has 5 nitrogen and oxygen atoms in total. The number of rotatable bonds is 3. The van der Waals surface area contributed by atoms with Crippen LogP contribution in [0.1, 0.15) is 28.7 Å². The van der Waals surface area contributed by atoms with Gasteiger partial charge in [0.15, 0.2) is 0 Å². The van der Waals surface area contributed by atoms with E-state index >= 15 is 0 Å². The Hall–Kier alpha value is -2.82. The van der Waals surface area contributed by atoms with Gasteiger partial charge in [-0.25, -0.2) is 4.79 Å². The van der Waals surface area contributed by atoms with Gasteiger partial charge in [-0.05, 0) is 62.6 Å². The highest BCUT2D eigenvalue weighted by molar-refractivity contribution is 5.97. The Morgan fingerprint density at radius 1 is 1.00 bits per heavy atom. The van der Waals surface area contributed by atoms with Crippen LogP contribution in [-0.2, 0) is 4.79 Å². The highest BCUT2D eigenvalue weighted by Gasteiger charge is 2.31. The molecule has 0 aromatic heterocycles. The lowest BCUT2D eigenvalue weighted by atomic mass is 10.1. The lowest BCUT2D eigenvalue weighted by molar-refractivity contribution is -0.117. The van der Waals surface area contributed by atoms with Crippen molar-refractivity contribution in [3.63, 3.8) is 0 Å². The van der Waals surface area contributed by atoms with E-state index in [-0.39, 0.29) is 18.0 Å². The minimum Gasteiger partial charge on any atom is -0.333 e. The third kappa shape index (κ3) is 3.87. The third-order valence-corrected chi connectivity index (χ3v) is 4.89. The second-order valence-electron chi connectivity index (χ2n) is 7.09. The van der Waals surface area contributed by atoms with Crippen LogP contribution < -0.4 is 15.5 Å². The van der Waals surface area contributed by atoms with Crippen molar-refractivity contribution >= 4 is 23.3 Å². The molecule has 2 N–H and O–H groups in total. The van der Waals surface area contributed by atoms with Crippen LogP contribution in [0.25, 0.3) is 0 Å². The number of anilines is 2. The van der Waals surface area contributed by atoms with Gasteiger partial charge in [0.25, 0.3) is 0 Å². The van der Waals surface area contributed by atoms with Crippen LogP contribution in [0.3, 0.4) is 0 Å².